The number of halogens is 3. The molecule has 0 saturated carbocycles. The minimum Gasteiger partial charge on any atom is -0.385 e. The number of hydrogen-bond acceptors (Lipinski definition) is 5. The van der Waals surface area contributed by atoms with Crippen molar-refractivity contribution in [1.82, 2.24) is 10.2 Å². The molecule has 27 heavy (non-hydrogen) atoms. The van der Waals surface area contributed by atoms with Crippen molar-refractivity contribution in [2.45, 2.75) is 12.6 Å². The first-order chi connectivity index (χ1) is 12.7. The molecule has 1 heterocycles. The van der Waals surface area contributed by atoms with Gasteiger partial charge in [0, 0.05) is 52.5 Å². The van der Waals surface area contributed by atoms with Crippen molar-refractivity contribution < 1.29 is 22.8 Å². The minimum absolute atomic E-state index is 0.187. The van der Waals surface area contributed by atoms with E-state index in [2.05, 4.69) is 5.32 Å². The number of nitro groups is 1. The fourth-order valence-electron chi connectivity index (χ4n) is 2.79. The van der Waals surface area contributed by atoms with Crippen LogP contribution >= 0.6 is 12.2 Å². The molecule has 1 aromatic carbocycles. The molecule has 2 rings (SSSR count). The van der Waals surface area contributed by atoms with Crippen LogP contribution in [0.4, 0.5) is 24.5 Å². The summed E-state index contributed by atoms with van der Waals surface area (Å²) in [5, 5.41) is 15.0. The van der Waals surface area contributed by atoms with E-state index in [1.807, 2.05) is 4.90 Å². The van der Waals surface area contributed by atoms with Crippen LogP contribution in [0.3, 0.4) is 0 Å². The Kier molecular flexibility index (Phi) is 7.19. The Morgan fingerprint density at radius 1 is 1.33 bits per heavy atom. The van der Waals surface area contributed by atoms with Gasteiger partial charge >= 0.3 is 6.18 Å². The van der Waals surface area contributed by atoms with E-state index in [0.29, 0.717) is 50.5 Å². The number of benzene rings is 1. The Morgan fingerprint density at radius 3 is 2.56 bits per heavy atom. The molecule has 1 aliphatic heterocycles. The molecule has 1 fully saturated rings. The molecule has 0 atom stereocenters. The monoisotopic (exact) mass is 406 g/mol. The van der Waals surface area contributed by atoms with E-state index in [1.54, 1.807) is 12.0 Å². The Morgan fingerprint density at radius 2 is 2.00 bits per heavy atom. The molecule has 1 saturated heterocycles. The topological polar surface area (TPSA) is 70.9 Å². The van der Waals surface area contributed by atoms with Gasteiger partial charge in [-0.2, -0.15) is 13.2 Å². The summed E-state index contributed by atoms with van der Waals surface area (Å²) < 4.78 is 43.4. The van der Waals surface area contributed by atoms with Crippen LogP contribution in [-0.2, 0) is 10.9 Å². The van der Waals surface area contributed by atoms with Gasteiger partial charge in [-0.1, -0.05) is 0 Å². The van der Waals surface area contributed by atoms with Gasteiger partial charge in [0.1, 0.15) is 5.69 Å². The summed E-state index contributed by atoms with van der Waals surface area (Å²) in [5.74, 6) is 0. The van der Waals surface area contributed by atoms with E-state index in [4.69, 9.17) is 17.0 Å². The molecule has 0 unspecified atom stereocenters. The van der Waals surface area contributed by atoms with Gasteiger partial charge in [0.2, 0.25) is 0 Å². The van der Waals surface area contributed by atoms with E-state index in [0.717, 1.165) is 18.6 Å². The zero-order valence-corrected chi connectivity index (χ0v) is 15.6. The molecule has 7 nitrogen and oxygen atoms in total. The highest BCUT2D eigenvalue weighted by Crippen LogP contribution is 2.36. The second-order valence-electron chi connectivity index (χ2n) is 6.01. The van der Waals surface area contributed by atoms with E-state index in [9.17, 15) is 23.3 Å². The number of methoxy groups -OCH3 is 1. The number of piperazine rings is 1. The maximum atomic E-state index is 12.8. The fraction of sp³-hybridized carbons (Fsp3) is 0.562. The summed E-state index contributed by atoms with van der Waals surface area (Å²) in [6.07, 6.45) is -3.81. The molecule has 1 aliphatic rings. The third-order valence-corrected chi connectivity index (χ3v) is 4.61. The van der Waals surface area contributed by atoms with E-state index in [-0.39, 0.29) is 5.69 Å². The second-order valence-corrected chi connectivity index (χ2v) is 6.40. The first kappa shape index (κ1) is 21.2. The summed E-state index contributed by atoms with van der Waals surface area (Å²) in [6, 6.07) is 2.62. The van der Waals surface area contributed by atoms with Crippen molar-refractivity contribution in [3.63, 3.8) is 0 Å². The number of nitrogens with one attached hydrogen (secondary N) is 1. The van der Waals surface area contributed by atoms with Crippen LogP contribution in [0.1, 0.15) is 12.0 Å². The molecule has 0 aliphatic carbocycles. The van der Waals surface area contributed by atoms with Crippen molar-refractivity contribution in [2.75, 3.05) is 51.3 Å². The van der Waals surface area contributed by atoms with Crippen LogP contribution in [0, 0.1) is 10.1 Å². The van der Waals surface area contributed by atoms with Crippen LogP contribution in [-0.4, -0.2) is 61.4 Å². The van der Waals surface area contributed by atoms with Crippen molar-refractivity contribution in [3.8, 4) is 0 Å². The predicted octanol–water partition coefficient (Wildman–Crippen LogP) is 2.65. The van der Waals surface area contributed by atoms with E-state index in [1.165, 1.54) is 0 Å². The van der Waals surface area contributed by atoms with Gasteiger partial charge in [0.25, 0.3) is 5.69 Å². The van der Waals surface area contributed by atoms with Gasteiger partial charge in [0.05, 0.1) is 10.5 Å². The van der Waals surface area contributed by atoms with Gasteiger partial charge in [-0.25, -0.2) is 0 Å². The maximum Gasteiger partial charge on any atom is 0.416 e. The van der Waals surface area contributed by atoms with Gasteiger partial charge in [-0.15, -0.1) is 0 Å². The van der Waals surface area contributed by atoms with Crippen molar-refractivity contribution >= 4 is 28.7 Å². The second kappa shape index (κ2) is 9.18. The Bertz CT molecular complexity index is 679. The number of thiocarbonyl (C=S) groups is 1. The van der Waals surface area contributed by atoms with Crippen LogP contribution in [0.5, 0.6) is 0 Å². The molecule has 0 aromatic heterocycles. The normalized spacial score (nSPS) is 15.0. The lowest BCUT2D eigenvalue weighted by atomic mass is 10.1. The fourth-order valence-corrected chi connectivity index (χ4v) is 3.07. The molecule has 1 N–H and O–H groups in total. The summed E-state index contributed by atoms with van der Waals surface area (Å²) in [6.45, 7) is 3.19. The smallest absolute Gasteiger partial charge is 0.385 e. The number of nitro benzene ring substituents is 1. The van der Waals surface area contributed by atoms with Crippen LogP contribution < -0.4 is 10.2 Å². The molecule has 0 spiro atoms. The average molecular weight is 406 g/mol. The van der Waals surface area contributed by atoms with E-state index < -0.39 is 22.4 Å². The molecule has 0 amide bonds. The SMILES string of the molecule is COCCCNC(=S)N1CCN(c2ccc(C(F)(F)F)cc2[N+](=O)[O-])CC1. The van der Waals surface area contributed by atoms with Crippen molar-refractivity contribution in [2.24, 2.45) is 0 Å². The van der Waals surface area contributed by atoms with Gasteiger partial charge < -0.3 is 19.9 Å². The Labute approximate surface area is 160 Å². The molecule has 150 valence electrons. The molecule has 1 aromatic rings. The summed E-state index contributed by atoms with van der Waals surface area (Å²) in [7, 11) is 1.62. The lowest BCUT2D eigenvalue weighted by Crippen LogP contribution is -2.52. The zero-order chi connectivity index (χ0) is 20.0. The van der Waals surface area contributed by atoms with E-state index >= 15 is 0 Å². The highest BCUT2D eigenvalue weighted by molar-refractivity contribution is 7.80. The van der Waals surface area contributed by atoms with Crippen molar-refractivity contribution in [1.29, 1.82) is 0 Å². The summed E-state index contributed by atoms with van der Waals surface area (Å²) in [5.41, 5.74) is -1.39. The molecule has 11 heteroatoms. The quantitative estimate of drug-likeness (QED) is 0.337. The van der Waals surface area contributed by atoms with Crippen LogP contribution in [0.2, 0.25) is 0 Å². The van der Waals surface area contributed by atoms with Crippen LogP contribution in [0.25, 0.3) is 0 Å². The predicted molar refractivity (Wildman–Crippen MR) is 99.0 cm³/mol. The molecular weight excluding hydrogens is 385 g/mol. The number of ether oxygens (including phenoxy) is 1. The number of hydrogen-bond donors (Lipinski definition) is 1. The minimum atomic E-state index is -4.62. The maximum absolute atomic E-state index is 12.8. The third-order valence-electron chi connectivity index (χ3n) is 4.21. The van der Waals surface area contributed by atoms with Gasteiger partial charge in [0.15, 0.2) is 5.11 Å². The lowest BCUT2D eigenvalue weighted by molar-refractivity contribution is -0.384. The standard InChI is InChI=1S/C16H21F3N4O3S/c1-26-10-2-5-20-15(27)22-8-6-21(7-9-22)13-4-3-12(16(17,18)19)11-14(13)23(24)25/h3-4,11H,2,5-10H2,1H3,(H,20,27). The molecule has 0 bridgehead atoms. The Balaban J connectivity index is 2.01. The molecular formula is C16H21F3N4O3S. The van der Waals surface area contributed by atoms with Crippen LogP contribution in [0.15, 0.2) is 18.2 Å². The number of alkyl halides is 3. The number of anilines is 1. The average Bonchev–Trinajstić information content (AvgIpc) is 2.64. The van der Waals surface area contributed by atoms with Gasteiger partial charge in [-0.3, -0.25) is 10.1 Å². The zero-order valence-electron chi connectivity index (χ0n) is 14.8. The largest absolute Gasteiger partial charge is 0.416 e. The lowest BCUT2D eigenvalue weighted by Gasteiger charge is -2.37. The summed E-state index contributed by atoms with van der Waals surface area (Å²) >= 11 is 5.33. The first-order valence-electron chi connectivity index (χ1n) is 8.36. The third kappa shape index (κ3) is 5.67. The molecule has 0 radical (unpaired) electrons. The number of rotatable bonds is 6. The van der Waals surface area contributed by atoms with Gasteiger partial charge in [-0.05, 0) is 30.8 Å². The number of nitrogens with zero attached hydrogens (tertiary/aromatic N) is 3. The Hall–Kier alpha value is -2.14. The first-order valence-corrected chi connectivity index (χ1v) is 8.77. The van der Waals surface area contributed by atoms with Crippen molar-refractivity contribution in [3.05, 3.63) is 33.9 Å². The summed E-state index contributed by atoms with van der Waals surface area (Å²) in [4.78, 5) is 14.1. The highest BCUT2D eigenvalue weighted by atomic mass is 32.1. The highest BCUT2D eigenvalue weighted by Gasteiger charge is 2.34.